The van der Waals surface area contributed by atoms with Crippen molar-refractivity contribution in [3.05, 3.63) is 18.2 Å². The molecular formula is C14H22N4O. The van der Waals surface area contributed by atoms with Gasteiger partial charge in [-0.15, -0.1) is 0 Å². The van der Waals surface area contributed by atoms with Crippen LogP contribution in [0.25, 0.3) is 0 Å². The third-order valence-corrected chi connectivity index (χ3v) is 4.09. The maximum atomic E-state index is 12.4. The molecule has 0 bridgehead atoms. The van der Waals surface area contributed by atoms with Gasteiger partial charge in [-0.1, -0.05) is 0 Å². The van der Waals surface area contributed by atoms with E-state index in [1.54, 1.807) is 6.33 Å². The van der Waals surface area contributed by atoms with E-state index in [-0.39, 0.29) is 11.9 Å². The van der Waals surface area contributed by atoms with Gasteiger partial charge in [-0.3, -0.25) is 4.79 Å². The quantitative estimate of drug-likeness (QED) is 0.870. The first-order chi connectivity index (χ1) is 9.25. The summed E-state index contributed by atoms with van der Waals surface area (Å²) in [5, 5.41) is 3.48. The molecule has 104 valence electrons. The molecule has 1 aromatic heterocycles. The molecule has 0 aromatic carbocycles. The lowest BCUT2D eigenvalue weighted by molar-refractivity contribution is -0.133. The zero-order valence-corrected chi connectivity index (χ0v) is 11.5. The Morgan fingerprint density at radius 1 is 1.47 bits per heavy atom. The molecule has 1 amide bonds. The highest BCUT2D eigenvalue weighted by molar-refractivity contribution is 5.80. The summed E-state index contributed by atoms with van der Waals surface area (Å²) < 4.78 is 2.01. The molecule has 1 atom stereocenters. The van der Waals surface area contributed by atoms with Gasteiger partial charge in [0.2, 0.25) is 5.91 Å². The van der Waals surface area contributed by atoms with E-state index < -0.39 is 0 Å². The monoisotopic (exact) mass is 262 g/mol. The van der Waals surface area contributed by atoms with Gasteiger partial charge in [0.05, 0.1) is 12.0 Å². The SMILES string of the molecule is CC(C(=O)N1CCCC1)n1cncc1CNC1CC1. The van der Waals surface area contributed by atoms with Crippen LogP contribution in [-0.2, 0) is 11.3 Å². The average molecular weight is 262 g/mol. The number of nitrogens with one attached hydrogen (secondary N) is 1. The second kappa shape index (κ2) is 5.33. The predicted octanol–water partition coefficient (Wildman–Crippen LogP) is 1.32. The highest BCUT2D eigenvalue weighted by Gasteiger charge is 2.26. The predicted molar refractivity (Wildman–Crippen MR) is 72.6 cm³/mol. The van der Waals surface area contributed by atoms with Crippen LogP contribution in [0.15, 0.2) is 12.5 Å². The van der Waals surface area contributed by atoms with Crippen molar-refractivity contribution in [2.45, 2.75) is 51.2 Å². The summed E-state index contributed by atoms with van der Waals surface area (Å²) in [5.74, 6) is 0.225. The van der Waals surface area contributed by atoms with E-state index in [2.05, 4.69) is 10.3 Å². The molecule has 5 nitrogen and oxygen atoms in total. The van der Waals surface area contributed by atoms with Gasteiger partial charge in [-0.25, -0.2) is 4.98 Å². The maximum absolute atomic E-state index is 12.4. The fourth-order valence-electron chi connectivity index (χ4n) is 2.67. The first-order valence-corrected chi connectivity index (χ1v) is 7.28. The molecule has 1 saturated heterocycles. The van der Waals surface area contributed by atoms with Crippen molar-refractivity contribution < 1.29 is 4.79 Å². The molecule has 1 aliphatic carbocycles. The number of hydrogen-bond donors (Lipinski definition) is 1. The molecule has 1 aromatic rings. The number of carbonyl (C=O) groups excluding carboxylic acids is 1. The third-order valence-electron chi connectivity index (χ3n) is 4.09. The van der Waals surface area contributed by atoms with Crippen molar-refractivity contribution in [2.75, 3.05) is 13.1 Å². The van der Waals surface area contributed by atoms with Crippen LogP contribution < -0.4 is 5.32 Å². The minimum absolute atomic E-state index is 0.142. The summed E-state index contributed by atoms with van der Waals surface area (Å²) in [6, 6.07) is 0.532. The fourth-order valence-corrected chi connectivity index (χ4v) is 2.67. The van der Waals surface area contributed by atoms with Gasteiger partial charge in [0.25, 0.3) is 0 Å². The molecule has 2 fully saturated rings. The van der Waals surface area contributed by atoms with Crippen LogP contribution in [0.1, 0.15) is 44.3 Å². The number of amides is 1. The first-order valence-electron chi connectivity index (χ1n) is 7.28. The second-order valence-electron chi connectivity index (χ2n) is 5.66. The number of likely N-dealkylation sites (tertiary alicyclic amines) is 1. The highest BCUT2D eigenvalue weighted by Crippen LogP contribution is 2.21. The average Bonchev–Trinajstić information content (AvgIpc) is 2.94. The third kappa shape index (κ3) is 2.81. The number of rotatable bonds is 5. The summed E-state index contributed by atoms with van der Waals surface area (Å²) in [4.78, 5) is 18.6. The summed E-state index contributed by atoms with van der Waals surface area (Å²) >= 11 is 0. The van der Waals surface area contributed by atoms with Gasteiger partial charge < -0.3 is 14.8 Å². The molecule has 5 heteroatoms. The number of hydrogen-bond acceptors (Lipinski definition) is 3. The smallest absolute Gasteiger partial charge is 0.245 e. The highest BCUT2D eigenvalue weighted by atomic mass is 16.2. The summed E-state index contributed by atoms with van der Waals surface area (Å²) in [6.45, 7) is 4.60. The molecule has 1 N–H and O–H groups in total. The molecule has 0 spiro atoms. The van der Waals surface area contributed by atoms with Crippen LogP contribution in [0, 0.1) is 0 Å². The molecule has 0 radical (unpaired) electrons. The van der Waals surface area contributed by atoms with Gasteiger partial charge in [-0.2, -0.15) is 0 Å². The fraction of sp³-hybridized carbons (Fsp3) is 0.714. The van der Waals surface area contributed by atoms with Gasteiger partial charge in [0.15, 0.2) is 0 Å². The maximum Gasteiger partial charge on any atom is 0.245 e. The molecule has 1 aliphatic heterocycles. The molecule has 19 heavy (non-hydrogen) atoms. The van der Waals surface area contributed by atoms with Crippen LogP contribution in [0.3, 0.4) is 0 Å². The first kappa shape index (κ1) is 12.7. The molecule has 1 saturated carbocycles. The Kier molecular flexibility index (Phi) is 3.55. The van der Waals surface area contributed by atoms with Crippen LogP contribution in [0.5, 0.6) is 0 Å². The van der Waals surface area contributed by atoms with E-state index in [0.29, 0.717) is 6.04 Å². The van der Waals surface area contributed by atoms with E-state index in [0.717, 1.165) is 38.2 Å². The van der Waals surface area contributed by atoms with E-state index in [9.17, 15) is 4.79 Å². The normalized spacial score (nSPS) is 20.8. The van der Waals surface area contributed by atoms with Crippen molar-refractivity contribution in [2.24, 2.45) is 0 Å². The number of aromatic nitrogens is 2. The Bertz CT molecular complexity index is 446. The van der Waals surface area contributed by atoms with Gasteiger partial charge >= 0.3 is 0 Å². The summed E-state index contributed by atoms with van der Waals surface area (Å²) in [7, 11) is 0. The lowest BCUT2D eigenvalue weighted by Crippen LogP contribution is -2.34. The van der Waals surface area contributed by atoms with Gasteiger partial charge in [0.1, 0.15) is 6.04 Å². The van der Waals surface area contributed by atoms with Crippen LogP contribution in [-0.4, -0.2) is 39.5 Å². The van der Waals surface area contributed by atoms with E-state index >= 15 is 0 Å². The summed E-state index contributed by atoms with van der Waals surface area (Å²) in [6.07, 6.45) is 8.47. The van der Waals surface area contributed by atoms with Crippen LogP contribution in [0.2, 0.25) is 0 Å². The number of imidazole rings is 1. The molecule has 2 aliphatic rings. The van der Waals surface area contributed by atoms with Gasteiger partial charge in [-0.05, 0) is 32.6 Å². The van der Waals surface area contributed by atoms with Crippen molar-refractivity contribution in [3.63, 3.8) is 0 Å². The zero-order chi connectivity index (χ0) is 13.2. The Morgan fingerprint density at radius 2 is 2.21 bits per heavy atom. The lowest BCUT2D eigenvalue weighted by atomic mass is 10.2. The zero-order valence-electron chi connectivity index (χ0n) is 11.5. The van der Waals surface area contributed by atoms with E-state index in [4.69, 9.17) is 0 Å². The minimum atomic E-state index is -0.142. The van der Waals surface area contributed by atoms with E-state index in [1.807, 2.05) is 22.6 Å². The van der Waals surface area contributed by atoms with Crippen LogP contribution in [0.4, 0.5) is 0 Å². The Hall–Kier alpha value is -1.36. The largest absolute Gasteiger partial charge is 0.341 e. The Morgan fingerprint density at radius 3 is 2.89 bits per heavy atom. The molecule has 2 heterocycles. The molecule has 3 rings (SSSR count). The van der Waals surface area contributed by atoms with Crippen molar-refractivity contribution in [1.29, 1.82) is 0 Å². The second-order valence-corrected chi connectivity index (χ2v) is 5.66. The van der Waals surface area contributed by atoms with Crippen LogP contribution >= 0.6 is 0 Å². The lowest BCUT2D eigenvalue weighted by Gasteiger charge is -2.22. The minimum Gasteiger partial charge on any atom is -0.341 e. The Balaban J connectivity index is 1.65. The number of carbonyl (C=O) groups is 1. The Labute approximate surface area is 114 Å². The molecule has 1 unspecified atom stereocenters. The van der Waals surface area contributed by atoms with Gasteiger partial charge in [0, 0.05) is 31.9 Å². The van der Waals surface area contributed by atoms with Crippen molar-refractivity contribution >= 4 is 5.91 Å². The summed E-state index contributed by atoms with van der Waals surface area (Å²) in [5.41, 5.74) is 1.10. The van der Waals surface area contributed by atoms with Crippen molar-refractivity contribution in [3.8, 4) is 0 Å². The standard InChI is InChI=1S/C14H22N4O/c1-11(14(19)17-6-2-3-7-17)18-10-15-8-13(18)9-16-12-4-5-12/h8,10-12,16H,2-7,9H2,1H3. The van der Waals surface area contributed by atoms with E-state index in [1.165, 1.54) is 12.8 Å². The van der Waals surface area contributed by atoms with Crippen molar-refractivity contribution in [1.82, 2.24) is 19.8 Å². The topological polar surface area (TPSA) is 50.2 Å². The number of nitrogens with zero attached hydrogens (tertiary/aromatic N) is 3. The molecular weight excluding hydrogens is 240 g/mol.